The standard InChI is InChI=1S/C22H37NO6/c1-14(2)8-9-16-21(5,29-16)18-17(25-6)15(10-11-22(18)13-27-22)28-19(24)23-12-20(3,4)26-7/h8-9,14-18H,10-13H2,1-7H3,(H,23,24)/b9-8+/t15-,16-,17-,18?,21?,22+/m1/s1. The van der Waals surface area contributed by atoms with Crippen molar-refractivity contribution in [2.75, 3.05) is 27.4 Å². The normalized spacial score (nSPS) is 39.2. The highest BCUT2D eigenvalue weighted by Crippen LogP contribution is 2.59. The molecule has 3 fully saturated rings. The van der Waals surface area contributed by atoms with Crippen molar-refractivity contribution in [1.29, 1.82) is 0 Å². The summed E-state index contributed by atoms with van der Waals surface area (Å²) in [6.45, 7) is 11.3. The molecule has 0 aromatic carbocycles. The van der Waals surface area contributed by atoms with Crippen molar-refractivity contribution < 1.29 is 28.5 Å². The van der Waals surface area contributed by atoms with E-state index in [9.17, 15) is 4.79 Å². The van der Waals surface area contributed by atoms with E-state index in [1.54, 1.807) is 14.2 Å². The molecule has 7 nitrogen and oxygen atoms in total. The van der Waals surface area contributed by atoms with E-state index in [-0.39, 0.29) is 35.4 Å². The summed E-state index contributed by atoms with van der Waals surface area (Å²) in [5, 5.41) is 2.80. The summed E-state index contributed by atoms with van der Waals surface area (Å²) >= 11 is 0. The Bertz CT molecular complexity index is 629. The lowest BCUT2D eigenvalue weighted by Crippen LogP contribution is -2.56. The van der Waals surface area contributed by atoms with Crippen LogP contribution >= 0.6 is 0 Å². The maximum atomic E-state index is 12.4. The molecule has 3 aliphatic rings. The SMILES string of the molecule is CO[C@H]1C(C2(C)O[C@@H]2/C=C/C(C)C)[C@]2(CC[C@H]1OC(=O)NCC(C)(C)OC)CO2. The number of hydrogen-bond acceptors (Lipinski definition) is 6. The summed E-state index contributed by atoms with van der Waals surface area (Å²) in [6, 6.07) is 0. The van der Waals surface area contributed by atoms with Gasteiger partial charge < -0.3 is 29.0 Å². The Morgan fingerprint density at radius 3 is 2.59 bits per heavy atom. The van der Waals surface area contributed by atoms with Crippen LogP contribution in [0, 0.1) is 11.8 Å². The number of rotatable bonds is 8. The van der Waals surface area contributed by atoms with Gasteiger partial charge in [0.05, 0.1) is 18.1 Å². The molecule has 1 saturated carbocycles. The van der Waals surface area contributed by atoms with Crippen LogP contribution in [0.2, 0.25) is 0 Å². The monoisotopic (exact) mass is 411 g/mol. The fourth-order valence-electron chi connectivity index (χ4n) is 4.48. The minimum absolute atomic E-state index is 0.00350. The van der Waals surface area contributed by atoms with Gasteiger partial charge in [-0.15, -0.1) is 0 Å². The summed E-state index contributed by atoms with van der Waals surface area (Å²) in [4.78, 5) is 12.4. The van der Waals surface area contributed by atoms with Crippen molar-refractivity contribution in [2.24, 2.45) is 11.8 Å². The van der Waals surface area contributed by atoms with E-state index in [4.69, 9.17) is 23.7 Å². The molecule has 3 rings (SSSR count). The number of hydrogen-bond donors (Lipinski definition) is 1. The minimum atomic E-state index is -0.452. The number of amides is 1. The Labute approximate surface area is 174 Å². The van der Waals surface area contributed by atoms with Crippen LogP contribution in [0.4, 0.5) is 4.79 Å². The summed E-state index contributed by atoms with van der Waals surface area (Å²) in [5.74, 6) is 0.471. The average molecular weight is 412 g/mol. The van der Waals surface area contributed by atoms with Gasteiger partial charge in [-0.1, -0.05) is 26.0 Å². The number of methoxy groups -OCH3 is 2. The Kier molecular flexibility index (Phi) is 6.35. The average Bonchev–Trinajstić information content (AvgIpc) is 3.57. The zero-order chi connectivity index (χ0) is 21.4. The van der Waals surface area contributed by atoms with Crippen LogP contribution in [0.3, 0.4) is 0 Å². The van der Waals surface area contributed by atoms with Gasteiger partial charge in [0.1, 0.15) is 29.5 Å². The molecule has 2 aliphatic heterocycles. The van der Waals surface area contributed by atoms with Gasteiger partial charge in [-0.05, 0) is 39.5 Å². The zero-order valence-electron chi connectivity index (χ0n) is 18.8. The molecule has 0 aromatic rings. The lowest BCUT2D eigenvalue weighted by Gasteiger charge is -2.42. The van der Waals surface area contributed by atoms with Crippen molar-refractivity contribution >= 4 is 6.09 Å². The van der Waals surface area contributed by atoms with Crippen LogP contribution in [0.25, 0.3) is 0 Å². The van der Waals surface area contributed by atoms with Gasteiger partial charge in [0.2, 0.25) is 0 Å². The Morgan fingerprint density at radius 2 is 2.03 bits per heavy atom. The fourth-order valence-corrected chi connectivity index (χ4v) is 4.48. The topological polar surface area (TPSA) is 81.9 Å². The molecule has 29 heavy (non-hydrogen) atoms. The molecule has 2 heterocycles. The Morgan fingerprint density at radius 1 is 1.34 bits per heavy atom. The van der Waals surface area contributed by atoms with Crippen LogP contribution < -0.4 is 5.32 Å². The van der Waals surface area contributed by atoms with Crippen molar-refractivity contribution in [3.63, 3.8) is 0 Å². The highest BCUT2D eigenvalue weighted by molar-refractivity contribution is 5.67. The lowest BCUT2D eigenvalue weighted by molar-refractivity contribution is -0.118. The fraction of sp³-hybridized carbons (Fsp3) is 0.864. The third-order valence-electron chi connectivity index (χ3n) is 6.55. The number of carbonyl (C=O) groups excluding carboxylic acids is 1. The number of ether oxygens (including phenoxy) is 5. The molecule has 0 aromatic heterocycles. The van der Waals surface area contributed by atoms with E-state index in [2.05, 4.69) is 38.2 Å². The van der Waals surface area contributed by atoms with E-state index in [0.717, 1.165) is 6.42 Å². The van der Waals surface area contributed by atoms with E-state index >= 15 is 0 Å². The molecule has 6 atom stereocenters. The van der Waals surface area contributed by atoms with Crippen molar-refractivity contribution in [1.82, 2.24) is 5.32 Å². The zero-order valence-corrected chi connectivity index (χ0v) is 18.8. The number of epoxide rings is 2. The molecular weight excluding hydrogens is 374 g/mol. The van der Waals surface area contributed by atoms with Gasteiger partial charge in [0, 0.05) is 20.8 Å². The Hall–Kier alpha value is -1.15. The third-order valence-corrected chi connectivity index (χ3v) is 6.55. The first-order valence-corrected chi connectivity index (χ1v) is 10.6. The second-order valence-electron chi connectivity index (χ2n) is 9.68. The molecule has 1 spiro atoms. The van der Waals surface area contributed by atoms with Crippen molar-refractivity contribution in [2.45, 2.75) is 82.6 Å². The summed E-state index contributed by atoms with van der Waals surface area (Å²) < 4.78 is 29.1. The first-order valence-electron chi connectivity index (χ1n) is 10.6. The summed E-state index contributed by atoms with van der Waals surface area (Å²) in [6.07, 6.45) is 4.79. The smallest absolute Gasteiger partial charge is 0.407 e. The highest BCUT2D eigenvalue weighted by Gasteiger charge is 2.72. The van der Waals surface area contributed by atoms with E-state index < -0.39 is 11.7 Å². The molecule has 0 radical (unpaired) electrons. The van der Waals surface area contributed by atoms with Gasteiger partial charge in [0.15, 0.2) is 0 Å². The molecule has 1 N–H and O–H groups in total. The van der Waals surface area contributed by atoms with Gasteiger partial charge in [-0.2, -0.15) is 0 Å². The maximum Gasteiger partial charge on any atom is 0.407 e. The van der Waals surface area contributed by atoms with E-state index in [1.807, 2.05) is 13.8 Å². The first-order chi connectivity index (χ1) is 13.6. The van der Waals surface area contributed by atoms with Crippen LogP contribution in [0.15, 0.2) is 12.2 Å². The molecule has 166 valence electrons. The van der Waals surface area contributed by atoms with Crippen LogP contribution in [0.5, 0.6) is 0 Å². The minimum Gasteiger partial charge on any atom is -0.443 e. The predicted molar refractivity (Wildman–Crippen MR) is 109 cm³/mol. The largest absolute Gasteiger partial charge is 0.443 e. The molecular formula is C22H37NO6. The lowest BCUT2D eigenvalue weighted by atomic mass is 9.68. The van der Waals surface area contributed by atoms with Gasteiger partial charge in [-0.25, -0.2) is 4.79 Å². The Balaban J connectivity index is 1.68. The number of allylic oxidation sites excluding steroid dienone is 1. The van der Waals surface area contributed by atoms with Crippen LogP contribution in [-0.4, -0.2) is 68.6 Å². The molecule has 7 heteroatoms. The highest BCUT2D eigenvalue weighted by atomic mass is 16.6. The number of nitrogens with one attached hydrogen (secondary N) is 1. The second-order valence-corrected chi connectivity index (χ2v) is 9.68. The van der Waals surface area contributed by atoms with Crippen molar-refractivity contribution in [3.8, 4) is 0 Å². The van der Waals surface area contributed by atoms with Gasteiger partial charge in [-0.3, -0.25) is 0 Å². The van der Waals surface area contributed by atoms with Crippen molar-refractivity contribution in [3.05, 3.63) is 12.2 Å². The second kappa shape index (κ2) is 8.17. The molecule has 1 aliphatic carbocycles. The maximum absolute atomic E-state index is 12.4. The first kappa shape index (κ1) is 22.5. The summed E-state index contributed by atoms with van der Waals surface area (Å²) in [7, 11) is 3.29. The predicted octanol–water partition coefficient (Wildman–Crippen LogP) is 3.07. The van der Waals surface area contributed by atoms with Gasteiger partial charge in [0.25, 0.3) is 0 Å². The van der Waals surface area contributed by atoms with Crippen LogP contribution in [-0.2, 0) is 23.7 Å². The van der Waals surface area contributed by atoms with Gasteiger partial charge >= 0.3 is 6.09 Å². The summed E-state index contributed by atoms with van der Waals surface area (Å²) in [5.41, 5.74) is -1.06. The van der Waals surface area contributed by atoms with E-state index in [1.165, 1.54) is 0 Å². The molecule has 2 saturated heterocycles. The molecule has 0 bridgehead atoms. The number of carbonyl (C=O) groups is 1. The molecule has 1 amide bonds. The third kappa shape index (κ3) is 4.79. The molecule has 2 unspecified atom stereocenters. The number of alkyl carbamates (subject to hydrolysis) is 1. The van der Waals surface area contributed by atoms with E-state index in [0.29, 0.717) is 25.5 Å². The quantitative estimate of drug-likeness (QED) is 0.488. The van der Waals surface area contributed by atoms with Crippen LogP contribution in [0.1, 0.15) is 47.5 Å².